The van der Waals surface area contributed by atoms with E-state index in [-0.39, 0.29) is 36.9 Å². The molecule has 1 amide bonds. The average molecular weight is 333 g/mol. The Labute approximate surface area is 137 Å². The van der Waals surface area contributed by atoms with Gasteiger partial charge in [0.2, 0.25) is 5.91 Å². The maximum atomic E-state index is 11.8. The Hall–Kier alpha value is -1.10. The Bertz CT molecular complexity index is 436. The Balaban J connectivity index is 0.00000400. The summed E-state index contributed by atoms with van der Waals surface area (Å²) in [6.45, 7) is 4.39. The van der Waals surface area contributed by atoms with Crippen molar-refractivity contribution in [2.75, 3.05) is 19.6 Å². The molecule has 0 spiro atoms. The molecular formula is C15H22Cl2N2O2. The number of halogens is 2. The molecule has 0 saturated heterocycles. The predicted octanol–water partition coefficient (Wildman–Crippen LogP) is 2.84. The molecule has 6 heteroatoms. The maximum Gasteiger partial charge on any atom is 0.220 e. The molecule has 1 rings (SSSR count). The van der Waals surface area contributed by atoms with E-state index in [1.807, 2.05) is 0 Å². The fourth-order valence-electron chi connectivity index (χ4n) is 1.69. The fourth-order valence-corrected chi connectivity index (χ4v) is 1.81. The second kappa shape index (κ2) is 11.5. The monoisotopic (exact) mass is 332 g/mol. The maximum absolute atomic E-state index is 11.8. The van der Waals surface area contributed by atoms with Crippen LogP contribution in [0.3, 0.4) is 0 Å². The number of carbonyl (C=O) groups is 2. The highest BCUT2D eigenvalue weighted by Crippen LogP contribution is 2.11. The molecule has 2 N–H and O–H groups in total. The van der Waals surface area contributed by atoms with E-state index in [2.05, 4.69) is 17.6 Å². The number of carbonyl (C=O) groups excluding carboxylic acids is 2. The van der Waals surface area contributed by atoms with Crippen LogP contribution in [0.1, 0.15) is 36.5 Å². The summed E-state index contributed by atoms with van der Waals surface area (Å²) in [6.07, 6.45) is 1.51. The van der Waals surface area contributed by atoms with Crippen molar-refractivity contribution < 1.29 is 9.59 Å². The first-order valence-corrected chi connectivity index (χ1v) is 7.27. The van der Waals surface area contributed by atoms with Crippen molar-refractivity contribution in [1.29, 1.82) is 0 Å². The minimum atomic E-state index is -0.0920. The van der Waals surface area contributed by atoms with Gasteiger partial charge in [0.25, 0.3) is 0 Å². The summed E-state index contributed by atoms with van der Waals surface area (Å²) in [5.41, 5.74) is 0.590. The van der Waals surface area contributed by atoms with E-state index in [0.29, 0.717) is 17.1 Å². The molecule has 0 unspecified atom stereocenters. The highest BCUT2D eigenvalue weighted by atomic mass is 35.5. The van der Waals surface area contributed by atoms with Gasteiger partial charge in [-0.15, -0.1) is 12.4 Å². The Morgan fingerprint density at radius 2 is 1.71 bits per heavy atom. The summed E-state index contributed by atoms with van der Waals surface area (Å²) in [6, 6.07) is 6.71. The Morgan fingerprint density at radius 1 is 1.05 bits per heavy atom. The summed E-state index contributed by atoms with van der Waals surface area (Å²) in [7, 11) is 0. The third kappa shape index (κ3) is 8.71. The molecule has 0 aromatic heterocycles. The molecule has 1 aromatic carbocycles. The average Bonchev–Trinajstić information content (AvgIpc) is 2.45. The van der Waals surface area contributed by atoms with Gasteiger partial charge >= 0.3 is 0 Å². The molecule has 0 saturated carbocycles. The van der Waals surface area contributed by atoms with Gasteiger partial charge in [-0.05, 0) is 37.2 Å². The highest BCUT2D eigenvalue weighted by molar-refractivity contribution is 6.30. The largest absolute Gasteiger partial charge is 0.355 e. The van der Waals surface area contributed by atoms with Crippen LogP contribution in [-0.4, -0.2) is 31.3 Å². The molecule has 0 bridgehead atoms. The predicted molar refractivity (Wildman–Crippen MR) is 88.4 cm³/mol. The lowest BCUT2D eigenvalue weighted by Crippen LogP contribution is -2.32. The molecule has 0 aliphatic rings. The van der Waals surface area contributed by atoms with Crippen LogP contribution in [0.5, 0.6) is 0 Å². The van der Waals surface area contributed by atoms with Crippen molar-refractivity contribution in [3.63, 3.8) is 0 Å². The van der Waals surface area contributed by atoms with E-state index >= 15 is 0 Å². The van der Waals surface area contributed by atoms with Crippen molar-refractivity contribution >= 4 is 35.7 Å². The molecule has 0 aliphatic heterocycles. The normalized spacial score (nSPS) is 9.81. The summed E-state index contributed by atoms with van der Waals surface area (Å²) < 4.78 is 0. The minimum absolute atomic E-state index is 0. The molecule has 118 valence electrons. The van der Waals surface area contributed by atoms with Crippen molar-refractivity contribution in [1.82, 2.24) is 10.6 Å². The summed E-state index contributed by atoms with van der Waals surface area (Å²) in [5.74, 6) is -0.133. The second-order valence-corrected chi connectivity index (χ2v) is 4.97. The topological polar surface area (TPSA) is 58.2 Å². The molecule has 1 aromatic rings. The third-order valence-corrected chi connectivity index (χ3v) is 3.05. The van der Waals surface area contributed by atoms with E-state index in [1.165, 1.54) is 0 Å². The van der Waals surface area contributed by atoms with Crippen molar-refractivity contribution in [3.05, 3.63) is 34.9 Å². The van der Waals surface area contributed by atoms with Crippen LogP contribution < -0.4 is 10.6 Å². The number of benzene rings is 1. The van der Waals surface area contributed by atoms with Gasteiger partial charge in [0, 0.05) is 36.5 Å². The van der Waals surface area contributed by atoms with Crippen molar-refractivity contribution in [2.45, 2.75) is 26.2 Å². The number of ketones is 1. The quantitative estimate of drug-likeness (QED) is 0.540. The molecule has 0 radical (unpaired) electrons. The zero-order chi connectivity index (χ0) is 14.8. The molecule has 21 heavy (non-hydrogen) atoms. The van der Waals surface area contributed by atoms with Gasteiger partial charge < -0.3 is 10.6 Å². The standard InChI is InChI=1S/C15H21ClN2O2.ClH/c1-2-9-17-10-11-18-15(20)8-7-14(19)12-3-5-13(16)6-4-12;/h3-6,17H,2,7-11H2,1H3,(H,18,20);1H. The van der Waals surface area contributed by atoms with Crippen LogP contribution in [0.15, 0.2) is 24.3 Å². The van der Waals surface area contributed by atoms with Crippen molar-refractivity contribution in [2.24, 2.45) is 0 Å². The van der Waals surface area contributed by atoms with E-state index in [1.54, 1.807) is 24.3 Å². The number of rotatable bonds is 9. The molecule has 0 heterocycles. The first-order chi connectivity index (χ1) is 9.63. The van der Waals surface area contributed by atoms with E-state index in [0.717, 1.165) is 19.5 Å². The molecule has 4 nitrogen and oxygen atoms in total. The van der Waals surface area contributed by atoms with Crippen LogP contribution in [0.25, 0.3) is 0 Å². The van der Waals surface area contributed by atoms with Crippen LogP contribution >= 0.6 is 24.0 Å². The Kier molecular flexibility index (Phi) is 10.9. The summed E-state index contributed by atoms with van der Waals surface area (Å²) >= 11 is 5.76. The third-order valence-electron chi connectivity index (χ3n) is 2.80. The molecule has 0 fully saturated rings. The van der Waals surface area contributed by atoms with Gasteiger partial charge in [0.05, 0.1) is 0 Å². The van der Waals surface area contributed by atoms with Gasteiger partial charge in [0.1, 0.15) is 0 Å². The number of nitrogens with one attached hydrogen (secondary N) is 2. The highest BCUT2D eigenvalue weighted by Gasteiger charge is 2.08. The van der Waals surface area contributed by atoms with E-state index in [4.69, 9.17) is 11.6 Å². The van der Waals surface area contributed by atoms with Gasteiger partial charge in [-0.1, -0.05) is 18.5 Å². The molecule has 0 atom stereocenters. The smallest absolute Gasteiger partial charge is 0.220 e. The zero-order valence-electron chi connectivity index (χ0n) is 12.2. The lowest BCUT2D eigenvalue weighted by Gasteiger charge is -2.06. The van der Waals surface area contributed by atoms with Gasteiger partial charge in [-0.2, -0.15) is 0 Å². The fraction of sp³-hybridized carbons (Fsp3) is 0.467. The SMILES string of the molecule is CCCNCCNC(=O)CCC(=O)c1ccc(Cl)cc1.Cl. The number of hydrogen-bond acceptors (Lipinski definition) is 3. The molecule has 0 aliphatic carbocycles. The number of amides is 1. The Morgan fingerprint density at radius 3 is 2.33 bits per heavy atom. The summed E-state index contributed by atoms with van der Waals surface area (Å²) in [4.78, 5) is 23.4. The second-order valence-electron chi connectivity index (χ2n) is 4.53. The van der Waals surface area contributed by atoms with Gasteiger partial charge in [-0.25, -0.2) is 0 Å². The molecular weight excluding hydrogens is 311 g/mol. The van der Waals surface area contributed by atoms with Gasteiger partial charge in [0.15, 0.2) is 5.78 Å². The lowest BCUT2D eigenvalue weighted by atomic mass is 10.1. The van der Waals surface area contributed by atoms with Gasteiger partial charge in [-0.3, -0.25) is 9.59 Å². The first-order valence-electron chi connectivity index (χ1n) is 6.89. The summed E-state index contributed by atoms with van der Waals surface area (Å²) in [5, 5.41) is 6.57. The zero-order valence-corrected chi connectivity index (χ0v) is 13.7. The van der Waals surface area contributed by atoms with Crippen LogP contribution in [-0.2, 0) is 4.79 Å². The van der Waals surface area contributed by atoms with Crippen LogP contribution in [0.4, 0.5) is 0 Å². The first kappa shape index (κ1) is 19.9. The number of Topliss-reactive ketones (excluding diaryl/α,β-unsaturated/α-hetero) is 1. The van der Waals surface area contributed by atoms with Crippen LogP contribution in [0, 0.1) is 0 Å². The van der Waals surface area contributed by atoms with Crippen LogP contribution in [0.2, 0.25) is 5.02 Å². The van der Waals surface area contributed by atoms with E-state index < -0.39 is 0 Å². The van der Waals surface area contributed by atoms with Crippen molar-refractivity contribution in [3.8, 4) is 0 Å². The minimum Gasteiger partial charge on any atom is -0.355 e. The lowest BCUT2D eigenvalue weighted by molar-refractivity contribution is -0.121. The number of hydrogen-bond donors (Lipinski definition) is 2. The van der Waals surface area contributed by atoms with E-state index in [9.17, 15) is 9.59 Å².